The Morgan fingerprint density at radius 1 is 1.12 bits per heavy atom. The zero-order chi connectivity index (χ0) is 22.5. The van der Waals surface area contributed by atoms with Gasteiger partial charge in [-0.15, -0.1) is 0 Å². The fourth-order valence-electron chi connectivity index (χ4n) is 4.25. The van der Waals surface area contributed by atoms with Gasteiger partial charge in [-0.25, -0.2) is 14.4 Å². The number of benzene rings is 1. The van der Waals surface area contributed by atoms with Crippen molar-refractivity contribution in [2.75, 3.05) is 18.4 Å². The Bertz CT molecular complexity index is 1070. The molecule has 0 spiro atoms. The average molecular weight is 434 g/mol. The molecule has 1 aliphatic rings. The van der Waals surface area contributed by atoms with Crippen molar-refractivity contribution >= 4 is 11.6 Å². The second kappa shape index (κ2) is 9.96. The van der Waals surface area contributed by atoms with Crippen molar-refractivity contribution in [1.82, 2.24) is 19.9 Å². The molecule has 1 atom stereocenters. The lowest BCUT2D eigenvalue weighted by atomic mass is 9.96. The van der Waals surface area contributed by atoms with E-state index >= 15 is 0 Å². The summed E-state index contributed by atoms with van der Waals surface area (Å²) >= 11 is 0. The van der Waals surface area contributed by atoms with Crippen LogP contribution in [0.3, 0.4) is 0 Å². The third kappa shape index (κ3) is 5.34. The Kier molecular flexibility index (Phi) is 6.85. The lowest BCUT2D eigenvalue weighted by molar-refractivity contribution is -0.115. The largest absolute Gasteiger partial charge is 0.323 e. The molecule has 1 N–H and O–H groups in total. The van der Waals surface area contributed by atoms with Crippen LogP contribution < -0.4 is 5.32 Å². The molecule has 0 saturated carbocycles. The van der Waals surface area contributed by atoms with E-state index in [2.05, 4.69) is 21.3 Å². The minimum Gasteiger partial charge on any atom is -0.323 e. The van der Waals surface area contributed by atoms with Crippen molar-refractivity contribution in [3.05, 3.63) is 82.9 Å². The van der Waals surface area contributed by atoms with Gasteiger partial charge in [0.2, 0.25) is 5.91 Å². The van der Waals surface area contributed by atoms with Gasteiger partial charge < -0.3 is 5.32 Å². The standard InChI is InChI=1S/C25H28FN5O/c1-17-21(14-24(32)30-23-11-4-3-10-22(23)26)18(2)29-25(28-17)19-8-7-13-31(15-19)16-20-9-5-6-12-27-20/h3-6,9-12,19H,7-8,13-16H2,1-2H3,(H,30,32)/t19-/m1/s1. The van der Waals surface area contributed by atoms with Gasteiger partial charge in [-0.1, -0.05) is 18.2 Å². The molecule has 2 aromatic heterocycles. The Balaban J connectivity index is 1.44. The Labute approximate surface area is 187 Å². The van der Waals surface area contributed by atoms with E-state index in [0.717, 1.165) is 60.9 Å². The summed E-state index contributed by atoms with van der Waals surface area (Å²) in [7, 11) is 0. The highest BCUT2D eigenvalue weighted by Crippen LogP contribution is 2.27. The number of aryl methyl sites for hydroxylation is 2. The first-order valence-corrected chi connectivity index (χ1v) is 11.0. The van der Waals surface area contributed by atoms with E-state index < -0.39 is 5.82 Å². The molecule has 0 unspecified atom stereocenters. The number of carbonyl (C=O) groups excluding carboxylic acids is 1. The first kappa shape index (κ1) is 22.0. The van der Waals surface area contributed by atoms with E-state index in [1.165, 1.54) is 6.07 Å². The summed E-state index contributed by atoms with van der Waals surface area (Å²) in [5.74, 6) is 0.362. The van der Waals surface area contributed by atoms with Crippen LogP contribution in [0.5, 0.6) is 0 Å². The molecule has 0 bridgehead atoms. The maximum atomic E-state index is 13.8. The number of halogens is 1. The molecular formula is C25H28FN5O. The molecule has 166 valence electrons. The third-order valence-corrected chi connectivity index (χ3v) is 5.91. The number of anilines is 1. The molecule has 1 saturated heterocycles. The van der Waals surface area contributed by atoms with Gasteiger partial charge in [0.05, 0.1) is 17.8 Å². The summed E-state index contributed by atoms with van der Waals surface area (Å²) in [6.45, 7) is 6.59. The third-order valence-electron chi connectivity index (χ3n) is 5.91. The number of carbonyl (C=O) groups is 1. The molecule has 1 aromatic carbocycles. The van der Waals surface area contributed by atoms with Crippen LogP contribution in [0.2, 0.25) is 0 Å². The molecule has 6 nitrogen and oxygen atoms in total. The molecule has 0 aliphatic carbocycles. The highest BCUT2D eigenvalue weighted by atomic mass is 19.1. The minimum absolute atomic E-state index is 0.114. The van der Waals surface area contributed by atoms with E-state index in [4.69, 9.17) is 9.97 Å². The maximum absolute atomic E-state index is 13.8. The Morgan fingerprint density at radius 3 is 2.59 bits per heavy atom. The number of rotatable bonds is 6. The first-order valence-electron chi connectivity index (χ1n) is 11.0. The fraction of sp³-hybridized carbons (Fsp3) is 0.360. The highest BCUT2D eigenvalue weighted by Gasteiger charge is 2.25. The van der Waals surface area contributed by atoms with Crippen LogP contribution in [-0.2, 0) is 17.8 Å². The van der Waals surface area contributed by atoms with Gasteiger partial charge in [-0.3, -0.25) is 14.7 Å². The van der Waals surface area contributed by atoms with Crippen LogP contribution in [0.1, 0.15) is 47.2 Å². The first-order chi connectivity index (χ1) is 15.5. The van der Waals surface area contributed by atoms with Gasteiger partial charge in [-0.2, -0.15) is 0 Å². The zero-order valence-corrected chi connectivity index (χ0v) is 18.5. The number of para-hydroxylation sites is 1. The van der Waals surface area contributed by atoms with E-state index in [9.17, 15) is 9.18 Å². The van der Waals surface area contributed by atoms with Crippen molar-refractivity contribution in [2.45, 2.75) is 45.6 Å². The summed E-state index contributed by atoms with van der Waals surface area (Å²) in [6.07, 6.45) is 4.08. The fourth-order valence-corrected chi connectivity index (χ4v) is 4.25. The number of aromatic nitrogens is 3. The van der Waals surface area contributed by atoms with E-state index in [0.29, 0.717) is 0 Å². The SMILES string of the molecule is Cc1nc([C@@H]2CCCN(Cc3ccccn3)C2)nc(C)c1CC(=O)Nc1ccccc1F. The van der Waals surface area contributed by atoms with Gasteiger partial charge in [0.1, 0.15) is 11.6 Å². The van der Waals surface area contributed by atoms with Crippen molar-refractivity contribution in [3.8, 4) is 0 Å². The van der Waals surface area contributed by atoms with E-state index in [-0.39, 0.29) is 23.9 Å². The molecule has 0 radical (unpaired) electrons. The summed E-state index contributed by atoms with van der Waals surface area (Å²) in [5.41, 5.74) is 3.65. The maximum Gasteiger partial charge on any atom is 0.229 e. The smallest absolute Gasteiger partial charge is 0.229 e. The van der Waals surface area contributed by atoms with Crippen molar-refractivity contribution in [1.29, 1.82) is 0 Å². The monoisotopic (exact) mass is 433 g/mol. The summed E-state index contributed by atoms with van der Waals surface area (Å²) < 4.78 is 13.8. The number of piperidine rings is 1. The number of likely N-dealkylation sites (tertiary alicyclic amines) is 1. The highest BCUT2D eigenvalue weighted by molar-refractivity contribution is 5.92. The number of amides is 1. The Morgan fingerprint density at radius 2 is 1.88 bits per heavy atom. The van der Waals surface area contributed by atoms with E-state index in [1.54, 1.807) is 18.2 Å². The predicted octanol–water partition coefficient (Wildman–Crippen LogP) is 4.19. The molecule has 7 heteroatoms. The number of hydrogen-bond donors (Lipinski definition) is 1. The lowest BCUT2D eigenvalue weighted by Crippen LogP contribution is -2.35. The number of pyridine rings is 1. The minimum atomic E-state index is -0.451. The van der Waals surface area contributed by atoms with Gasteiger partial charge in [0, 0.05) is 42.2 Å². The van der Waals surface area contributed by atoms with Crippen molar-refractivity contribution in [2.24, 2.45) is 0 Å². The molecule has 3 aromatic rings. The molecular weight excluding hydrogens is 405 g/mol. The molecule has 1 amide bonds. The summed E-state index contributed by atoms with van der Waals surface area (Å²) in [4.78, 5) is 28.9. The van der Waals surface area contributed by atoms with Crippen LogP contribution in [-0.4, -0.2) is 38.8 Å². The lowest BCUT2D eigenvalue weighted by Gasteiger charge is -2.32. The molecule has 32 heavy (non-hydrogen) atoms. The molecule has 1 fully saturated rings. The number of nitrogens with one attached hydrogen (secondary N) is 1. The topological polar surface area (TPSA) is 71.0 Å². The number of nitrogens with zero attached hydrogens (tertiary/aromatic N) is 4. The normalized spacial score (nSPS) is 16.7. The second-order valence-electron chi connectivity index (χ2n) is 8.33. The molecule has 1 aliphatic heterocycles. The van der Waals surface area contributed by atoms with Crippen LogP contribution in [0, 0.1) is 19.7 Å². The second-order valence-corrected chi connectivity index (χ2v) is 8.33. The van der Waals surface area contributed by atoms with Crippen LogP contribution >= 0.6 is 0 Å². The predicted molar refractivity (Wildman–Crippen MR) is 122 cm³/mol. The van der Waals surface area contributed by atoms with Gasteiger partial charge in [-0.05, 0) is 57.5 Å². The molecule has 3 heterocycles. The van der Waals surface area contributed by atoms with Gasteiger partial charge in [0.25, 0.3) is 0 Å². The van der Waals surface area contributed by atoms with Crippen LogP contribution in [0.15, 0.2) is 48.7 Å². The van der Waals surface area contributed by atoms with Crippen LogP contribution in [0.25, 0.3) is 0 Å². The number of hydrogen-bond acceptors (Lipinski definition) is 5. The average Bonchev–Trinajstić information content (AvgIpc) is 2.78. The van der Waals surface area contributed by atoms with E-state index in [1.807, 2.05) is 32.2 Å². The zero-order valence-electron chi connectivity index (χ0n) is 18.5. The van der Waals surface area contributed by atoms with Gasteiger partial charge in [0.15, 0.2) is 0 Å². The summed E-state index contributed by atoms with van der Waals surface area (Å²) in [5, 5.41) is 2.64. The van der Waals surface area contributed by atoms with Gasteiger partial charge >= 0.3 is 0 Å². The summed E-state index contributed by atoms with van der Waals surface area (Å²) in [6, 6.07) is 12.1. The van der Waals surface area contributed by atoms with Crippen LogP contribution in [0.4, 0.5) is 10.1 Å². The van der Waals surface area contributed by atoms with Crippen molar-refractivity contribution in [3.63, 3.8) is 0 Å². The quantitative estimate of drug-likeness (QED) is 0.631. The Hall–Kier alpha value is -3.19. The van der Waals surface area contributed by atoms with Crippen molar-refractivity contribution < 1.29 is 9.18 Å². The molecule has 4 rings (SSSR count).